The highest BCUT2D eigenvalue weighted by Crippen LogP contribution is 2.37. The first kappa shape index (κ1) is 26.4. The van der Waals surface area contributed by atoms with Crippen LogP contribution in [-0.2, 0) is 0 Å². The highest BCUT2D eigenvalue weighted by molar-refractivity contribution is 7.04. The Morgan fingerprint density at radius 1 is 0.468 bits per heavy atom. The standard InChI is InChI=1S/C42H30N4Si/c1-47(2)38-22-12-7-17-33(38)39-40(47)42(46-36-20-10-5-15-31(36)32-16-6-11-21-37(32)46)44-41(43-39)27-23-25-28(26-24-27)45-34-18-8-3-13-29(34)30-14-4-9-19-35(30)45/h3-26H,1-2H3. The second-order valence-corrected chi connectivity index (χ2v) is 17.3. The Bertz CT molecular complexity index is 2610. The minimum atomic E-state index is -2.13. The maximum atomic E-state index is 5.51. The number of para-hydroxylation sites is 4. The molecule has 0 atom stereocenters. The van der Waals surface area contributed by atoms with Crippen molar-refractivity contribution in [3.05, 3.63) is 146 Å². The zero-order valence-electron chi connectivity index (χ0n) is 26.1. The molecule has 5 heteroatoms. The average molecular weight is 619 g/mol. The van der Waals surface area contributed by atoms with E-state index in [1.807, 2.05) is 0 Å². The highest BCUT2D eigenvalue weighted by Gasteiger charge is 2.42. The quantitative estimate of drug-likeness (QED) is 0.185. The van der Waals surface area contributed by atoms with Crippen LogP contribution in [0, 0.1) is 0 Å². The van der Waals surface area contributed by atoms with Crippen LogP contribution in [0.25, 0.3) is 77.8 Å². The van der Waals surface area contributed by atoms with Crippen molar-refractivity contribution < 1.29 is 0 Å². The Morgan fingerprint density at radius 3 is 1.49 bits per heavy atom. The summed E-state index contributed by atoms with van der Waals surface area (Å²) in [7, 11) is -2.13. The molecule has 0 fully saturated rings. The zero-order chi connectivity index (χ0) is 31.3. The molecule has 1 aliphatic rings. The Balaban J connectivity index is 1.23. The van der Waals surface area contributed by atoms with Crippen LogP contribution >= 0.6 is 0 Å². The van der Waals surface area contributed by atoms with E-state index in [2.05, 4.69) is 168 Å². The van der Waals surface area contributed by atoms with Crippen LogP contribution in [-0.4, -0.2) is 27.2 Å². The van der Waals surface area contributed by atoms with E-state index < -0.39 is 8.07 Å². The van der Waals surface area contributed by atoms with E-state index in [0.717, 1.165) is 28.6 Å². The predicted octanol–water partition coefficient (Wildman–Crippen LogP) is 9.14. The van der Waals surface area contributed by atoms with Crippen LogP contribution in [0.3, 0.4) is 0 Å². The Hall–Kier alpha value is -5.78. The largest absolute Gasteiger partial charge is 0.309 e. The molecular formula is C42H30N4Si. The van der Waals surface area contributed by atoms with Crippen LogP contribution in [0.1, 0.15) is 0 Å². The second-order valence-electron chi connectivity index (χ2n) is 13.1. The van der Waals surface area contributed by atoms with Crippen molar-refractivity contribution in [3.8, 4) is 34.2 Å². The fourth-order valence-electron chi connectivity index (χ4n) is 7.99. The van der Waals surface area contributed by atoms with E-state index in [-0.39, 0.29) is 0 Å². The summed E-state index contributed by atoms with van der Waals surface area (Å²) < 4.78 is 4.74. The van der Waals surface area contributed by atoms with Gasteiger partial charge in [0, 0.05) is 38.0 Å². The molecule has 222 valence electrons. The van der Waals surface area contributed by atoms with Crippen molar-refractivity contribution in [2.24, 2.45) is 0 Å². The van der Waals surface area contributed by atoms with Gasteiger partial charge in [0.2, 0.25) is 0 Å². The van der Waals surface area contributed by atoms with Gasteiger partial charge in [-0.3, -0.25) is 4.57 Å². The van der Waals surface area contributed by atoms with Crippen LogP contribution in [0.2, 0.25) is 13.1 Å². The predicted molar refractivity (Wildman–Crippen MR) is 198 cm³/mol. The van der Waals surface area contributed by atoms with Crippen LogP contribution in [0.15, 0.2) is 146 Å². The summed E-state index contributed by atoms with van der Waals surface area (Å²) >= 11 is 0. The lowest BCUT2D eigenvalue weighted by Crippen LogP contribution is -2.51. The fraction of sp³-hybridized carbons (Fsp3) is 0.0476. The molecule has 3 aromatic heterocycles. The molecule has 0 amide bonds. The van der Waals surface area contributed by atoms with Gasteiger partial charge in [-0.1, -0.05) is 110 Å². The van der Waals surface area contributed by atoms with Crippen molar-refractivity contribution in [2.75, 3.05) is 0 Å². The number of aromatic nitrogens is 4. The summed E-state index contributed by atoms with van der Waals surface area (Å²) in [6, 6.07) is 52.3. The van der Waals surface area contributed by atoms with Crippen molar-refractivity contribution in [1.29, 1.82) is 0 Å². The first-order valence-electron chi connectivity index (χ1n) is 16.2. The first-order chi connectivity index (χ1) is 23.1. The normalized spacial score (nSPS) is 13.5. The molecule has 6 aromatic carbocycles. The number of hydrogen-bond acceptors (Lipinski definition) is 2. The van der Waals surface area contributed by atoms with E-state index >= 15 is 0 Å². The summed E-state index contributed by atoms with van der Waals surface area (Å²) in [6.45, 7) is 4.89. The molecule has 10 rings (SSSR count). The molecule has 4 nitrogen and oxygen atoms in total. The molecule has 4 heterocycles. The lowest BCUT2D eigenvalue weighted by molar-refractivity contribution is 1.06. The van der Waals surface area contributed by atoms with Gasteiger partial charge in [0.05, 0.1) is 27.8 Å². The minimum absolute atomic E-state index is 0.746. The highest BCUT2D eigenvalue weighted by atomic mass is 28.3. The summed E-state index contributed by atoms with van der Waals surface area (Å²) in [5, 5.41) is 7.72. The molecular weight excluding hydrogens is 589 g/mol. The number of fused-ring (bicyclic) bond motifs is 9. The molecule has 0 N–H and O–H groups in total. The van der Waals surface area contributed by atoms with Gasteiger partial charge >= 0.3 is 0 Å². The van der Waals surface area contributed by atoms with Crippen molar-refractivity contribution >= 4 is 62.1 Å². The molecule has 1 aliphatic heterocycles. The molecule has 0 aliphatic carbocycles. The fourth-order valence-corrected chi connectivity index (χ4v) is 11.2. The number of nitrogens with zero attached hydrogens (tertiary/aromatic N) is 4. The molecule has 0 spiro atoms. The molecule has 0 radical (unpaired) electrons. The summed E-state index contributed by atoms with van der Waals surface area (Å²) in [6.07, 6.45) is 0. The summed E-state index contributed by atoms with van der Waals surface area (Å²) in [4.78, 5) is 10.9. The van der Waals surface area contributed by atoms with E-state index in [9.17, 15) is 0 Å². The Labute approximate surface area is 273 Å². The molecule has 9 aromatic rings. The Kier molecular flexibility index (Phi) is 5.41. The third-order valence-electron chi connectivity index (χ3n) is 10.1. The van der Waals surface area contributed by atoms with Gasteiger partial charge in [-0.25, -0.2) is 9.97 Å². The monoisotopic (exact) mass is 618 g/mol. The molecule has 0 saturated heterocycles. The zero-order valence-corrected chi connectivity index (χ0v) is 27.1. The number of rotatable bonds is 3. The number of hydrogen-bond donors (Lipinski definition) is 0. The van der Waals surface area contributed by atoms with Crippen LogP contribution in [0.4, 0.5) is 0 Å². The van der Waals surface area contributed by atoms with E-state index in [1.54, 1.807) is 0 Å². The lowest BCUT2D eigenvalue weighted by Gasteiger charge is -2.22. The van der Waals surface area contributed by atoms with E-state index in [4.69, 9.17) is 9.97 Å². The van der Waals surface area contributed by atoms with Gasteiger partial charge < -0.3 is 4.57 Å². The smallest absolute Gasteiger partial charge is 0.162 e. The number of benzene rings is 6. The van der Waals surface area contributed by atoms with E-state index in [0.29, 0.717) is 0 Å². The molecule has 47 heavy (non-hydrogen) atoms. The maximum Gasteiger partial charge on any atom is 0.162 e. The van der Waals surface area contributed by atoms with Crippen molar-refractivity contribution in [1.82, 2.24) is 19.1 Å². The van der Waals surface area contributed by atoms with Gasteiger partial charge in [-0.05, 0) is 59.3 Å². The van der Waals surface area contributed by atoms with Crippen molar-refractivity contribution in [3.63, 3.8) is 0 Å². The first-order valence-corrected chi connectivity index (χ1v) is 19.2. The SMILES string of the molecule is C[Si]1(C)c2ccccc2-c2nc(-c3ccc(-n4c5ccccc5c5ccccc54)cc3)nc(-n3c4ccccc4c4ccccc43)c21. The van der Waals surface area contributed by atoms with E-state index in [1.165, 1.54) is 59.5 Å². The van der Waals surface area contributed by atoms with Crippen molar-refractivity contribution in [2.45, 2.75) is 13.1 Å². The molecule has 0 unspecified atom stereocenters. The van der Waals surface area contributed by atoms with Gasteiger partial charge in [0.15, 0.2) is 5.82 Å². The van der Waals surface area contributed by atoms with Gasteiger partial charge in [0.1, 0.15) is 13.9 Å². The van der Waals surface area contributed by atoms with Gasteiger partial charge in [0.25, 0.3) is 0 Å². The molecule has 0 bridgehead atoms. The lowest BCUT2D eigenvalue weighted by atomic mass is 10.1. The maximum absolute atomic E-state index is 5.51. The summed E-state index contributed by atoms with van der Waals surface area (Å²) in [5.74, 6) is 1.75. The minimum Gasteiger partial charge on any atom is -0.309 e. The third kappa shape index (κ3) is 3.63. The second kappa shape index (κ2) is 9.61. The topological polar surface area (TPSA) is 35.6 Å². The summed E-state index contributed by atoms with van der Waals surface area (Å²) in [5.41, 5.74) is 9.18. The van der Waals surface area contributed by atoms with Gasteiger partial charge in [-0.2, -0.15) is 0 Å². The molecule has 0 saturated carbocycles. The average Bonchev–Trinajstić information content (AvgIpc) is 3.72. The Morgan fingerprint density at radius 2 is 0.936 bits per heavy atom. The van der Waals surface area contributed by atoms with Crippen LogP contribution < -0.4 is 10.4 Å². The third-order valence-corrected chi connectivity index (χ3v) is 13.6. The van der Waals surface area contributed by atoms with Gasteiger partial charge in [-0.15, -0.1) is 0 Å². The van der Waals surface area contributed by atoms with Crippen LogP contribution in [0.5, 0.6) is 0 Å².